The zero-order chi connectivity index (χ0) is 17.8. The highest BCUT2D eigenvalue weighted by Crippen LogP contribution is 2.38. The number of nitrogens with zero attached hydrogens (tertiary/aromatic N) is 1. The van der Waals surface area contributed by atoms with E-state index >= 15 is 0 Å². The van der Waals surface area contributed by atoms with E-state index in [9.17, 15) is 0 Å². The van der Waals surface area contributed by atoms with Crippen molar-refractivity contribution >= 4 is 0 Å². The minimum absolute atomic E-state index is 0.656. The van der Waals surface area contributed by atoms with Crippen LogP contribution in [0.3, 0.4) is 0 Å². The Morgan fingerprint density at radius 3 is 2.08 bits per heavy atom. The van der Waals surface area contributed by atoms with Crippen LogP contribution in [0.4, 0.5) is 0 Å². The Hall–Kier alpha value is -1.80. The van der Waals surface area contributed by atoms with Crippen LogP contribution >= 0.6 is 0 Å². The molecule has 2 nitrogen and oxygen atoms in total. The molecule has 0 spiro atoms. The third kappa shape index (κ3) is 3.81. The molecule has 2 fully saturated rings. The first-order valence-electron chi connectivity index (χ1n) is 10.3. The Balaban J connectivity index is 1.30. The summed E-state index contributed by atoms with van der Waals surface area (Å²) in [6.07, 6.45) is 7.94. The average Bonchev–Trinajstić information content (AvgIpc) is 2.74. The van der Waals surface area contributed by atoms with Crippen molar-refractivity contribution in [2.24, 2.45) is 0 Å². The number of piperidine rings is 1. The molecule has 2 aromatic rings. The molecule has 0 N–H and O–H groups in total. The minimum atomic E-state index is 0.656. The van der Waals surface area contributed by atoms with Crippen molar-refractivity contribution in [1.29, 1.82) is 0 Å². The van der Waals surface area contributed by atoms with Gasteiger partial charge in [0.05, 0.1) is 7.11 Å². The van der Waals surface area contributed by atoms with Gasteiger partial charge in [0, 0.05) is 6.04 Å². The highest BCUT2D eigenvalue weighted by Gasteiger charge is 2.30. The second kappa shape index (κ2) is 8.26. The van der Waals surface area contributed by atoms with Crippen molar-refractivity contribution in [1.82, 2.24) is 4.90 Å². The second-order valence-electron chi connectivity index (χ2n) is 7.97. The molecule has 1 aliphatic carbocycles. The standard InChI is InChI=1S/C24H31NO/c1-26-24-10-6-5-9-23(24)21-15-17-25(18-16-21)22-13-11-20(12-14-22)19-7-3-2-4-8-19/h2-10,20-22H,11-18H2,1H3. The van der Waals surface area contributed by atoms with Gasteiger partial charge < -0.3 is 9.64 Å². The number of benzene rings is 2. The molecule has 1 saturated carbocycles. The van der Waals surface area contributed by atoms with Gasteiger partial charge in [-0.05, 0) is 80.6 Å². The van der Waals surface area contributed by atoms with Gasteiger partial charge in [0.25, 0.3) is 0 Å². The lowest BCUT2D eigenvalue weighted by molar-refractivity contribution is 0.116. The smallest absolute Gasteiger partial charge is 0.122 e. The number of para-hydroxylation sites is 1. The molecule has 2 aromatic carbocycles. The van der Waals surface area contributed by atoms with Gasteiger partial charge in [-0.25, -0.2) is 0 Å². The zero-order valence-electron chi connectivity index (χ0n) is 15.9. The maximum Gasteiger partial charge on any atom is 0.122 e. The van der Waals surface area contributed by atoms with Crippen LogP contribution in [-0.4, -0.2) is 31.1 Å². The molecule has 1 saturated heterocycles. The Morgan fingerprint density at radius 1 is 0.731 bits per heavy atom. The van der Waals surface area contributed by atoms with E-state index in [1.54, 1.807) is 12.7 Å². The first-order chi connectivity index (χ1) is 12.8. The molecule has 0 amide bonds. The van der Waals surface area contributed by atoms with Gasteiger partial charge in [-0.15, -0.1) is 0 Å². The molecule has 0 radical (unpaired) electrons. The molecule has 0 aromatic heterocycles. The van der Waals surface area contributed by atoms with Crippen LogP contribution in [0, 0.1) is 0 Å². The quantitative estimate of drug-likeness (QED) is 0.712. The van der Waals surface area contributed by atoms with E-state index in [0.29, 0.717) is 5.92 Å². The van der Waals surface area contributed by atoms with Gasteiger partial charge in [-0.3, -0.25) is 0 Å². The van der Waals surface area contributed by atoms with Crippen LogP contribution in [-0.2, 0) is 0 Å². The fraction of sp³-hybridized carbons (Fsp3) is 0.500. The van der Waals surface area contributed by atoms with Crippen LogP contribution in [0.5, 0.6) is 5.75 Å². The van der Waals surface area contributed by atoms with Gasteiger partial charge in [-0.1, -0.05) is 48.5 Å². The summed E-state index contributed by atoms with van der Waals surface area (Å²) in [5.41, 5.74) is 2.95. The van der Waals surface area contributed by atoms with Gasteiger partial charge >= 0.3 is 0 Å². The zero-order valence-corrected chi connectivity index (χ0v) is 15.9. The molecule has 1 heterocycles. The third-order valence-corrected chi connectivity index (χ3v) is 6.59. The Morgan fingerprint density at radius 2 is 1.38 bits per heavy atom. The number of ether oxygens (including phenoxy) is 1. The molecule has 138 valence electrons. The molecule has 4 rings (SSSR count). The maximum absolute atomic E-state index is 5.58. The van der Waals surface area contributed by atoms with Crippen LogP contribution in [0.15, 0.2) is 54.6 Å². The lowest BCUT2D eigenvalue weighted by atomic mass is 9.80. The molecular formula is C24H31NO. The number of methoxy groups -OCH3 is 1. The number of hydrogen-bond donors (Lipinski definition) is 0. The van der Waals surface area contributed by atoms with Gasteiger partial charge in [0.2, 0.25) is 0 Å². The fourth-order valence-electron chi connectivity index (χ4n) is 5.08. The second-order valence-corrected chi connectivity index (χ2v) is 7.97. The van der Waals surface area contributed by atoms with Crippen molar-refractivity contribution in [3.05, 3.63) is 65.7 Å². The van der Waals surface area contributed by atoms with Crippen LogP contribution in [0.2, 0.25) is 0 Å². The van der Waals surface area contributed by atoms with E-state index < -0.39 is 0 Å². The van der Waals surface area contributed by atoms with Gasteiger partial charge in [-0.2, -0.15) is 0 Å². The summed E-state index contributed by atoms with van der Waals surface area (Å²) in [6, 6.07) is 20.5. The van der Waals surface area contributed by atoms with E-state index in [4.69, 9.17) is 4.74 Å². The summed E-state index contributed by atoms with van der Waals surface area (Å²) in [5, 5.41) is 0. The molecular weight excluding hydrogens is 318 g/mol. The van der Waals surface area contributed by atoms with Crippen molar-refractivity contribution in [2.75, 3.05) is 20.2 Å². The molecule has 2 aliphatic rings. The van der Waals surface area contributed by atoms with E-state index in [2.05, 4.69) is 59.5 Å². The average molecular weight is 350 g/mol. The number of rotatable bonds is 4. The lowest BCUT2D eigenvalue weighted by Gasteiger charge is -2.41. The minimum Gasteiger partial charge on any atom is -0.496 e. The van der Waals surface area contributed by atoms with E-state index in [1.807, 2.05) is 0 Å². The fourth-order valence-corrected chi connectivity index (χ4v) is 5.08. The maximum atomic E-state index is 5.58. The summed E-state index contributed by atoms with van der Waals surface area (Å²) in [4.78, 5) is 2.77. The highest BCUT2D eigenvalue weighted by molar-refractivity contribution is 5.36. The van der Waals surface area contributed by atoms with Crippen molar-refractivity contribution in [2.45, 2.75) is 56.4 Å². The van der Waals surface area contributed by atoms with Gasteiger partial charge in [0.1, 0.15) is 5.75 Å². The van der Waals surface area contributed by atoms with Crippen LogP contribution in [0.25, 0.3) is 0 Å². The van der Waals surface area contributed by atoms with Crippen molar-refractivity contribution in [3.63, 3.8) is 0 Å². The van der Waals surface area contributed by atoms with Crippen molar-refractivity contribution < 1.29 is 4.74 Å². The third-order valence-electron chi connectivity index (χ3n) is 6.59. The van der Waals surface area contributed by atoms with Crippen LogP contribution < -0.4 is 4.74 Å². The normalized spacial score (nSPS) is 25.1. The van der Waals surface area contributed by atoms with Gasteiger partial charge in [0.15, 0.2) is 0 Å². The van der Waals surface area contributed by atoms with Crippen LogP contribution in [0.1, 0.15) is 61.5 Å². The summed E-state index contributed by atoms with van der Waals surface area (Å²) >= 11 is 0. The van der Waals surface area contributed by atoms with E-state index in [1.165, 1.54) is 57.2 Å². The van der Waals surface area contributed by atoms with Crippen molar-refractivity contribution in [3.8, 4) is 5.75 Å². The number of likely N-dealkylation sites (tertiary alicyclic amines) is 1. The molecule has 0 bridgehead atoms. The summed E-state index contributed by atoms with van der Waals surface area (Å²) in [7, 11) is 1.79. The Kier molecular flexibility index (Phi) is 5.59. The van der Waals surface area contributed by atoms with E-state index in [-0.39, 0.29) is 0 Å². The summed E-state index contributed by atoms with van der Waals surface area (Å²) < 4.78 is 5.58. The number of hydrogen-bond acceptors (Lipinski definition) is 2. The largest absolute Gasteiger partial charge is 0.496 e. The SMILES string of the molecule is COc1ccccc1C1CCN(C2CCC(c3ccccc3)CC2)CC1. The Labute approximate surface area is 158 Å². The Bertz CT molecular complexity index is 682. The highest BCUT2D eigenvalue weighted by atomic mass is 16.5. The first kappa shape index (κ1) is 17.6. The molecule has 0 unspecified atom stereocenters. The summed E-state index contributed by atoms with van der Waals surface area (Å²) in [6.45, 7) is 2.48. The van der Waals surface area contributed by atoms with E-state index in [0.717, 1.165) is 17.7 Å². The molecule has 2 heteroatoms. The predicted molar refractivity (Wildman–Crippen MR) is 108 cm³/mol. The summed E-state index contributed by atoms with van der Waals surface area (Å²) in [5.74, 6) is 2.50. The molecule has 26 heavy (non-hydrogen) atoms. The first-order valence-corrected chi connectivity index (χ1v) is 10.3. The predicted octanol–water partition coefficient (Wildman–Crippen LogP) is 5.60. The monoisotopic (exact) mass is 349 g/mol. The topological polar surface area (TPSA) is 12.5 Å². The molecule has 1 aliphatic heterocycles. The lowest BCUT2D eigenvalue weighted by Crippen LogP contribution is -2.42. The molecule has 0 atom stereocenters.